The van der Waals surface area contributed by atoms with Crippen molar-refractivity contribution in [2.45, 2.75) is 18.7 Å². The van der Waals surface area contributed by atoms with Crippen molar-refractivity contribution in [3.8, 4) is 11.9 Å². The third-order valence-corrected chi connectivity index (χ3v) is 2.08. The van der Waals surface area contributed by atoms with Crippen molar-refractivity contribution in [1.82, 2.24) is 4.98 Å². The monoisotopic (exact) mass is 266 g/mol. The van der Waals surface area contributed by atoms with Gasteiger partial charge in [0.15, 0.2) is 0 Å². The Hall–Kier alpha value is -1.68. The lowest BCUT2D eigenvalue weighted by molar-refractivity contribution is -0.276. The molecule has 0 unspecified atom stereocenters. The summed E-state index contributed by atoms with van der Waals surface area (Å²) in [5.41, 5.74) is -0.800. The topological polar surface area (TPSA) is 65.9 Å². The molecule has 17 heavy (non-hydrogen) atoms. The summed E-state index contributed by atoms with van der Waals surface area (Å²) < 4.78 is 39.6. The number of aromatic nitrogens is 1. The summed E-state index contributed by atoms with van der Waals surface area (Å²) in [6.07, 6.45) is -5.13. The van der Waals surface area contributed by atoms with E-state index in [-0.39, 0.29) is 23.4 Å². The predicted octanol–water partition coefficient (Wildman–Crippen LogP) is 2.08. The van der Waals surface area contributed by atoms with Gasteiger partial charge in [0, 0.05) is 11.1 Å². The van der Waals surface area contributed by atoms with Crippen LogP contribution in [0.15, 0.2) is 10.9 Å². The number of hydrogen-bond acceptors (Lipinski definition) is 3. The molecule has 0 aromatic carbocycles. The lowest BCUT2D eigenvalue weighted by atomic mass is 10.1. The van der Waals surface area contributed by atoms with Gasteiger partial charge in [-0.05, 0) is 6.07 Å². The number of nitrogens with one attached hydrogen (secondary N) is 1. The van der Waals surface area contributed by atoms with Gasteiger partial charge in [-0.15, -0.1) is 24.8 Å². The fourth-order valence-electron chi connectivity index (χ4n) is 1.13. The lowest BCUT2D eigenvalue weighted by Gasteiger charge is -2.11. The van der Waals surface area contributed by atoms with Crippen LogP contribution in [0.1, 0.15) is 11.1 Å². The largest absolute Gasteiger partial charge is 0.574 e. The van der Waals surface area contributed by atoms with Crippen molar-refractivity contribution in [2.75, 3.05) is 0 Å². The first-order valence-corrected chi connectivity index (χ1v) is 4.84. The molecule has 1 aromatic heterocycles. The zero-order valence-electron chi connectivity index (χ0n) is 8.27. The molecule has 0 amide bonds. The van der Waals surface area contributed by atoms with E-state index in [2.05, 4.69) is 4.74 Å². The second kappa shape index (κ2) is 5.10. The summed E-state index contributed by atoms with van der Waals surface area (Å²) in [6, 6.07) is 2.84. The first-order valence-electron chi connectivity index (χ1n) is 4.31. The van der Waals surface area contributed by atoms with Crippen LogP contribution in [-0.4, -0.2) is 11.3 Å². The maximum atomic E-state index is 12.0. The van der Waals surface area contributed by atoms with E-state index in [1.165, 1.54) is 0 Å². The zero-order valence-corrected chi connectivity index (χ0v) is 9.02. The third-order valence-electron chi connectivity index (χ3n) is 1.79. The molecule has 1 aromatic rings. The standard InChI is InChI=1S/C9H6ClF3N2O2/c10-4-6-3-5(1-2-14)7(16)15-8(6)17-9(11,12)13/h3H,1,4H2,(H,15,16). The van der Waals surface area contributed by atoms with Gasteiger partial charge in [0.05, 0.1) is 18.4 Å². The molecule has 0 bridgehead atoms. The molecular weight excluding hydrogens is 261 g/mol. The van der Waals surface area contributed by atoms with Crippen LogP contribution in [0, 0.1) is 11.3 Å². The average molecular weight is 267 g/mol. The number of rotatable bonds is 3. The molecule has 0 fully saturated rings. The predicted molar refractivity (Wildman–Crippen MR) is 52.6 cm³/mol. The molecule has 0 radical (unpaired) electrons. The van der Waals surface area contributed by atoms with E-state index in [1.54, 1.807) is 6.07 Å². The number of aromatic amines is 1. The molecule has 0 aliphatic rings. The van der Waals surface area contributed by atoms with E-state index in [0.717, 1.165) is 6.07 Å². The second-order valence-corrected chi connectivity index (χ2v) is 3.26. The van der Waals surface area contributed by atoms with Gasteiger partial charge in [-0.2, -0.15) is 5.26 Å². The Balaban J connectivity index is 3.20. The summed E-state index contributed by atoms with van der Waals surface area (Å²) in [7, 11) is 0. The van der Waals surface area contributed by atoms with Crippen LogP contribution in [-0.2, 0) is 12.3 Å². The van der Waals surface area contributed by atoms with Crippen molar-refractivity contribution in [2.24, 2.45) is 0 Å². The molecule has 0 saturated heterocycles. The van der Waals surface area contributed by atoms with E-state index in [0.29, 0.717) is 0 Å². The van der Waals surface area contributed by atoms with E-state index < -0.39 is 17.8 Å². The van der Waals surface area contributed by atoms with Gasteiger partial charge in [0.2, 0.25) is 5.88 Å². The molecular formula is C9H6ClF3N2O2. The van der Waals surface area contributed by atoms with Gasteiger partial charge in [-0.1, -0.05) is 0 Å². The summed E-state index contributed by atoms with van der Waals surface area (Å²) in [4.78, 5) is 13.2. The first-order chi connectivity index (χ1) is 7.87. The van der Waals surface area contributed by atoms with Crippen LogP contribution in [0.3, 0.4) is 0 Å². The quantitative estimate of drug-likeness (QED) is 0.852. The Bertz CT molecular complexity index is 504. The van der Waals surface area contributed by atoms with Crippen molar-refractivity contribution in [3.63, 3.8) is 0 Å². The molecule has 1 N–H and O–H groups in total. The maximum Gasteiger partial charge on any atom is 0.574 e. The minimum atomic E-state index is -4.92. The normalized spacial score (nSPS) is 11.0. The molecule has 0 aliphatic carbocycles. The van der Waals surface area contributed by atoms with Gasteiger partial charge in [0.1, 0.15) is 0 Å². The van der Waals surface area contributed by atoms with Gasteiger partial charge >= 0.3 is 6.36 Å². The van der Waals surface area contributed by atoms with Gasteiger partial charge in [0.25, 0.3) is 5.56 Å². The van der Waals surface area contributed by atoms with Crippen LogP contribution in [0.5, 0.6) is 5.88 Å². The van der Waals surface area contributed by atoms with Crippen LogP contribution < -0.4 is 10.3 Å². The molecule has 92 valence electrons. The second-order valence-electron chi connectivity index (χ2n) is 2.99. The Morgan fingerprint density at radius 1 is 1.47 bits per heavy atom. The SMILES string of the molecule is N#CCc1cc(CCl)c(OC(F)(F)F)[nH]c1=O. The average Bonchev–Trinajstić information content (AvgIpc) is 2.20. The van der Waals surface area contributed by atoms with Crippen molar-refractivity contribution in [3.05, 3.63) is 27.5 Å². The summed E-state index contributed by atoms with van der Waals surface area (Å²) in [6.45, 7) is 0. The molecule has 1 rings (SSSR count). The van der Waals surface area contributed by atoms with Crippen molar-refractivity contribution >= 4 is 11.6 Å². The molecule has 0 saturated carbocycles. The molecule has 8 heteroatoms. The number of H-pyrrole nitrogens is 1. The zero-order chi connectivity index (χ0) is 13.1. The fourth-order valence-corrected chi connectivity index (χ4v) is 1.33. The van der Waals surface area contributed by atoms with Gasteiger partial charge < -0.3 is 4.74 Å². The van der Waals surface area contributed by atoms with E-state index in [4.69, 9.17) is 16.9 Å². The van der Waals surface area contributed by atoms with E-state index in [9.17, 15) is 18.0 Å². The minimum absolute atomic E-state index is 0.0335. The third kappa shape index (κ3) is 3.67. The number of pyridine rings is 1. The van der Waals surface area contributed by atoms with Crippen LogP contribution in [0.4, 0.5) is 13.2 Å². The van der Waals surface area contributed by atoms with Crippen molar-refractivity contribution < 1.29 is 17.9 Å². The van der Waals surface area contributed by atoms with Crippen LogP contribution in [0.2, 0.25) is 0 Å². The van der Waals surface area contributed by atoms with Gasteiger partial charge in [-0.25, -0.2) is 0 Å². The van der Waals surface area contributed by atoms with Crippen LogP contribution >= 0.6 is 11.6 Å². The van der Waals surface area contributed by atoms with Crippen molar-refractivity contribution in [1.29, 1.82) is 5.26 Å². The number of hydrogen-bond donors (Lipinski definition) is 1. The highest BCUT2D eigenvalue weighted by atomic mass is 35.5. The minimum Gasteiger partial charge on any atom is -0.389 e. The Labute approximate surface area is 98.6 Å². The summed E-state index contributed by atoms with van der Waals surface area (Å²) in [5, 5.41) is 8.42. The number of nitrogens with zero attached hydrogens (tertiary/aromatic N) is 1. The smallest absolute Gasteiger partial charge is 0.389 e. The summed E-state index contributed by atoms with van der Waals surface area (Å²) >= 11 is 5.43. The summed E-state index contributed by atoms with van der Waals surface area (Å²) in [5.74, 6) is -1.03. The highest BCUT2D eigenvalue weighted by Gasteiger charge is 2.32. The first kappa shape index (κ1) is 13.4. The molecule has 0 atom stereocenters. The number of ether oxygens (including phenoxy) is 1. The number of alkyl halides is 4. The molecule has 0 spiro atoms. The fraction of sp³-hybridized carbons (Fsp3) is 0.333. The molecule has 4 nitrogen and oxygen atoms in total. The Morgan fingerprint density at radius 2 is 2.12 bits per heavy atom. The van der Waals surface area contributed by atoms with E-state index >= 15 is 0 Å². The number of nitriles is 1. The maximum absolute atomic E-state index is 12.0. The molecule has 1 heterocycles. The highest BCUT2D eigenvalue weighted by Crippen LogP contribution is 2.24. The Morgan fingerprint density at radius 3 is 2.59 bits per heavy atom. The number of halogens is 4. The molecule has 0 aliphatic heterocycles. The van der Waals surface area contributed by atoms with Crippen LogP contribution in [0.25, 0.3) is 0 Å². The highest BCUT2D eigenvalue weighted by molar-refractivity contribution is 6.17. The van der Waals surface area contributed by atoms with Gasteiger partial charge in [-0.3, -0.25) is 9.78 Å². The Kier molecular flexibility index (Phi) is 4.02. The van der Waals surface area contributed by atoms with E-state index in [1.807, 2.05) is 4.98 Å². The lowest BCUT2D eigenvalue weighted by Crippen LogP contribution is -2.22.